The molecule has 0 aromatic carbocycles. The van der Waals surface area contributed by atoms with E-state index in [1.54, 1.807) is 18.7 Å². The predicted octanol–water partition coefficient (Wildman–Crippen LogP) is 3.18. The maximum Gasteiger partial charge on any atom is 0.273 e. The number of pyridine rings is 1. The monoisotopic (exact) mass is 459 g/mol. The van der Waals surface area contributed by atoms with Crippen molar-refractivity contribution < 1.29 is 9.59 Å². The van der Waals surface area contributed by atoms with Crippen LogP contribution in [0.5, 0.6) is 0 Å². The zero-order valence-corrected chi connectivity index (χ0v) is 20.5. The van der Waals surface area contributed by atoms with Crippen LogP contribution in [0.15, 0.2) is 24.4 Å². The molecule has 2 aliphatic rings. The molecule has 32 heavy (non-hydrogen) atoms. The number of rotatable bonds is 4. The standard InChI is InChI=1S/C24H33N5O2.ClH/c1-16(2)14-28-15-19(17-8-11-27(5)12-9-17)18-6-7-20(26-21(18)28)22(30)29-13-10-25-23(31)24(29,3)4;/h6-8,15-16H,9-14H2,1-5H3,(H,25,31);1H. The van der Waals surface area contributed by atoms with Gasteiger partial charge in [-0.1, -0.05) is 19.9 Å². The van der Waals surface area contributed by atoms with Crippen LogP contribution < -0.4 is 5.32 Å². The van der Waals surface area contributed by atoms with E-state index in [1.807, 2.05) is 12.1 Å². The van der Waals surface area contributed by atoms with Crippen molar-refractivity contribution >= 4 is 40.8 Å². The highest BCUT2D eigenvalue weighted by molar-refractivity contribution is 6.00. The Morgan fingerprint density at radius 3 is 2.66 bits per heavy atom. The lowest BCUT2D eigenvalue weighted by Gasteiger charge is -2.40. The Labute approximate surface area is 196 Å². The number of halogens is 1. The van der Waals surface area contributed by atoms with Crippen LogP contribution in [0.2, 0.25) is 0 Å². The molecule has 0 unspecified atom stereocenters. The first-order chi connectivity index (χ1) is 14.7. The van der Waals surface area contributed by atoms with Gasteiger partial charge in [-0.15, -0.1) is 12.4 Å². The fraction of sp³-hybridized carbons (Fsp3) is 0.542. The van der Waals surface area contributed by atoms with E-state index in [4.69, 9.17) is 4.98 Å². The minimum atomic E-state index is -0.893. The molecule has 0 atom stereocenters. The number of nitrogens with zero attached hydrogens (tertiary/aromatic N) is 4. The van der Waals surface area contributed by atoms with Crippen LogP contribution in [-0.2, 0) is 11.3 Å². The Hall–Kier alpha value is -2.38. The van der Waals surface area contributed by atoms with Crippen molar-refractivity contribution in [2.24, 2.45) is 5.92 Å². The lowest BCUT2D eigenvalue weighted by molar-refractivity contribution is -0.133. The van der Waals surface area contributed by atoms with Gasteiger partial charge in [0.2, 0.25) is 5.91 Å². The topological polar surface area (TPSA) is 70.5 Å². The molecule has 0 bridgehead atoms. The smallest absolute Gasteiger partial charge is 0.273 e. The normalized spacial score (nSPS) is 19.0. The van der Waals surface area contributed by atoms with Crippen molar-refractivity contribution in [1.82, 2.24) is 24.7 Å². The minimum Gasteiger partial charge on any atom is -0.352 e. The van der Waals surface area contributed by atoms with Gasteiger partial charge in [0.1, 0.15) is 16.9 Å². The zero-order valence-electron chi connectivity index (χ0n) is 19.6. The van der Waals surface area contributed by atoms with Gasteiger partial charge in [0.05, 0.1) is 0 Å². The number of carbonyl (C=O) groups excluding carboxylic acids is 2. The highest BCUT2D eigenvalue weighted by atomic mass is 35.5. The number of fused-ring (bicyclic) bond motifs is 1. The molecule has 0 radical (unpaired) electrons. The molecule has 1 saturated heterocycles. The Balaban J connectivity index is 0.00000289. The van der Waals surface area contributed by atoms with E-state index >= 15 is 0 Å². The Kier molecular flexibility index (Phi) is 7.00. The Morgan fingerprint density at radius 2 is 2.00 bits per heavy atom. The van der Waals surface area contributed by atoms with Crippen LogP contribution in [0.3, 0.4) is 0 Å². The molecular weight excluding hydrogens is 426 g/mol. The molecule has 2 aromatic rings. The van der Waals surface area contributed by atoms with Crippen LogP contribution in [0.25, 0.3) is 16.6 Å². The number of likely N-dealkylation sites (N-methyl/N-ethyl adjacent to an activating group) is 1. The van der Waals surface area contributed by atoms with Gasteiger partial charge >= 0.3 is 0 Å². The van der Waals surface area contributed by atoms with E-state index in [0.717, 1.165) is 37.1 Å². The summed E-state index contributed by atoms with van der Waals surface area (Å²) >= 11 is 0. The molecule has 2 amide bonds. The van der Waals surface area contributed by atoms with Crippen LogP contribution in [0.4, 0.5) is 0 Å². The minimum absolute atomic E-state index is 0. The van der Waals surface area contributed by atoms with Crippen LogP contribution in [-0.4, -0.2) is 69.9 Å². The van der Waals surface area contributed by atoms with Crippen molar-refractivity contribution in [3.63, 3.8) is 0 Å². The van der Waals surface area contributed by atoms with E-state index in [2.05, 4.69) is 48.0 Å². The van der Waals surface area contributed by atoms with Crippen LogP contribution >= 0.6 is 12.4 Å². The average Bonchev–Trinajstić information content (AvgIpc) is 3.07. The molecule has 4 heterocycles. The van der Waals surface area contributed by atoms with Gasteiger partial charge in [-0.3, -0.25) is 9.59 Å². The maximum absolute atomic E-state index is 13.3. The maximum atomic E-state index is 13.3. The molecular formula is C24H34ClN5O2. The van der Waals surface area contributed by atoms with Crippen molar-refractivity contribution in [3.05, 3.63) is 35.7 Å². The molecule has 8 heteroatoms. The lowest BCUT2D eigenvalue weighted by atomic mass is 9.98. The van der Waals surface area contributed by atoms with E-state index in [9.17, 15) is 9.59 Å². The van der Waals surface area contributed by atoms with Crippen LogP contribution in [0.1, 0.15) is 50.2 Å². The van der Waals surface area contributed by atoms with Gasteiger partial charge < -0.3 is 19.7 Å². The largest absolute Gasteiger partial charge is 0.352 e. The number of hydrogen-bond donors (Lipinski definition) is 1. The summed E-state index contributed by atoms with van der Waals surface area (Å²) in [4.78, 5) is 34.4. The fourth-order valence-corrected chi connectivity index (χ4v) is 4.48. The summed E-state index contributed by atoms with van der Waals surface area (Å²) in [7, 11) is 2.14. The SMILES string of the molecule is CC(C)Cn1cc(C2=CCN(C)CC2)c2ccc(C(=O)N3CCNC(=O)C3(C)C)nc21.Cl. The average molecular weight is 460 g/mol. The van der Waals surface area contributed by atoms with Crippen molar-refractivity contribution in [2.75, 3.05) is 33.2 Å². The van der Waals surface area contributed by atoms with Gasteiger partial charge in [-0.05, 0) is 50.9 Å². The third kappa shape index (κ3) is 4.41. The molecule has 0 saturated carbocycles. The van der Waals surface area contributed by atoms with Crippen molar-refractivity contribution in [1.29, 1.82) is 0 Å². The number of amides is 2. The molecule has 0 spiro atoms. The summed E-state index contributed by atoms with van der Waals surface area (Å²) in [5.74, 6) is 0.132. The van der Waals surface area contributed by atoms with Gasteiger partial charge in [-0.2, -0.15) is 0 Å². The number of carbonyl (C=O) groups is 2. The second kappa shape index (κ2) is 9.24. The number of hydrogen-bond acceptors (Lipinski definition) is 4. The van der Waals surface area contributed by atoms with Gasteiger partial charge in [0.15, 0.2) is 0 Å². The third-order valence-electron chi connectivity index (χ3n) is 6.36. The summed E-state index contributed by atoms with van der Waals surface area (Å²) in [6.07, 6.45) is 5.50. The predicted molar refractivity (Wildman–Crippen MR) is 130 cm³/mol. The van der Waals surface area contributed by atoms with Gasteiger partial charge in [0.25, 0.3) is 5.91 Å². The summed E-state index contributed by atoms with van der Waals surface area (Å²) in [5, 5.41) is 3.93. The van der Waals surface area contributed by atoms with Crippen LogP contribution in [0, 0.1) is 5.92 Å². The molecule has 7 nitrogen and oxygen atoms in total. The van der Waals surface area contributed by atoms with E-state index < -0.39 is 5.54 Å². The summed E-state index contributed by atoms with van der Waals surface area (Å²) < 4.78 is 2.18. The van der Waals surface area contributed by atoms with Crippen molar-refractivity contribution in [2.45, 2.75) is 46.2 Å². The molecule has 2 aliphatic heterocycles. The highest BCUT2D eigenvalue weighted by Gasteiger charge is 2.41. The lowest BCUT2D eigenvalue weighted by Crippen LogP contribution is -2.63. The van der Waals surface area contributed by atoms with Gasteiger partial charge in [0, 0.05) is 49.9 Å². The Morgan fingerprint density at radius 1 is 1.25 bits per heavy atom. The molecule has 1 fully saturated rings. The van der Waals surface area contributed by atoms with E-state index in [0.29, 0.717) is 24.7 Å². The number of aromatic nitrogens is 2. The zero-order chi connectivity index (χ0) is 22.3. The molecule has 174 valence electrons. The summed E-state index contributed by atoms with van der Waals surface area (Å²) in [6, 6.07) is 3.84. The Bertz CT molecular complexity index is 1060. The molecule has 0 aliphatic carbocycles. The van der Waals surface area contributed by atoms with Gasteiger partial charge in [-0.25, -0.2) is 4.98 Å². The first-order valence-electron chi connectivity index (χ1n) is 11.2. The fourth-order valence-electron chi connectivity index (χ4n) is 4.48. The first-order valence-corrected chi connectivity index (χ1v) is 11.2. The summed E-state index contributed by atoms with van der Waals surface area (Å²) in [6.45, 7) is 11.7. The third-order valence-corrected chi connectivity index (χ3v) is 6.36. The second-order valence-corrected chi connectivity index (χ2v) is 9.67. The summed E-state index contributed by atoms with van der Waals surface area (Å²) in [5.41, 5.74) is 2.90. The number of nitrogens with one attached hydrogen (secondary N) is 1. The quantitative estimate of drug-likeness (QED) is 0.762. The van der Waals surface area contributed by atoms with E-state index in [-0.39, 0.29) is 24.2 Å². The van der Waals surface area contributed by atoms with E-state index in [1.165, 1.54) is 11.1 Å². The first kappa shape index (κ1) is 24.3. The highest BCUT2D eigenvalue weighted by Crippen LogP contribution is 2.31. The molecule has 4 rings (SSSR count). The number of piperazine rings is 1. The molecule has 2 aromatic heterocycles. The molecule has 1 N–H and O–H groups in total. The van der Waals surface area contributed by atoms with Crippen molar-refractivity contribution in [3.8, 4) is 0 Å². The second-order valence-electron chi connectivity index (χ2n) is 9.67.